The molecule has 0 aliphatic carbocycles. The summed E-state index contributed by atoms with van der Waals surface area (Å²) in [5, 5.41) is 0. The zero-order valence-electron chi connectivity index (χ0n) is 8.96. The Hall–Kier alpha value is -1.75. The van der Waals surface area contributed by atoms with Crippen molar-refractivity contribution in [1.29, 1.82) is 0 Å². The van der Waals surface area contributed by atoms with Crippen molar-refractivity contribution in [2.45, 2.75) is 5.88 Å². The minimum absolute atomic E-state index is 0.164. The molecule has 0 radical (unpaired) electrons. The Labute approximate surface area is 106 Å². The van der Waals surface area contributed by atoms with Crippen molar-refractivity contribution in [3.8, 4) is 0 Å². The molecule has 0 saturated carbocycles. The summed E-state index contributed by atoms with van der Waals surface area (Å²) in [6, 6.07) is 1.75. The van der Waals surface area contributed by atoms with Crippen LogP contribution < -0.4 is 0 Å². The van der Waals surface area contributed by atoms with Crippen molar-refractivity contribution in [2.75, 3.05) is 0 Å². The summed E-state index contributed by atoms with van der Waals surface area (Å²) in [5.74, 6) is -3.53. The van der Waals surface area contributed by atoms with Gasteiger partial charge in [-0.3, -0.25) is 0 Å². The molecule has 0 unspecified atom stereocenters. The lowest BCUT2D eigenvalue weighted by Gasteiger charge is -1.97. The Bertz CT molecular complexity index is 572. The molecule has 0 amide bonds. The predicted octanol–water partition coefficient (Wildman–Crippen LogP) is 4.00. The van der Waals surface area contributed by atoms with Gasteiger partial charge in [0, 0.05) is 6.08 Å². The molecule has 0 aliphatic heterocycles. The first-order valence-electron chi connectivity index (χ1n) is 4.93. The van der Waals surface area contributed by atoms with Crippen LogP contribution in [0.1, 0.15) is 17.1 Å². The number of alkyl halides is 1. The van der Waals surface area contributed by atoms with Gasteiger partial charge >= 0.3 is 0 Å². The zero-order valence-corrected chi connectivity index (χ0v) is 9.72. The van der Waals surface area contributed by atoms with Crippen LogP contribution in [-0.2, 0) is 5.88 Å². The second-order valence-corrected chi connectivity index (χ2v) is 3.71. The summed E-state index contributed by atoms with van der Waals surface area (Å²) in [7, 11) is 0. The highest BCUT2D eigenvalue weighted by Gasteiger charge is 2.09. The van der Waals surface area contributed by atoms with Crippen molar-refractivity contribution < 1.29 is 17.6 Å². The first-order valence-corrected chi connectivity index (χ1v) is 5.46. The van der Waals surface area contributed by atoms with Crippen LogP contribution in [0, 0.1) is 17.5 Å². The van der Waals surface area contributed by atoms with Gasteiger partial charge in [0.1, 0.15) is 6.26 Å². The molecule has 1 aromatic carbocycles. The molecule has 0 N–H and O–H groups in total. The molecule has 6 heteroatoms. The Morgan fingerprint density at radius 2 is 1.83 bits per heavy atom. The largest absolute Gasteiger partial charge is 0.445 e. The number of rotatable bonds is 3. The molecule has 18 heavy (non-hydrogen) atoms. The van der Waals surface area contributed by atoms with Gasteiger partial charge in [-0.15, -0.1) is 11.6 Å². The van der Waals surface area contributed by atoms with E-state index in [0.717, 1.165) is 12.1 Å². The van der Waals surface area contributed by atoms with Crippen LogP contribution >= 0.6 is 11.6 Å². The third kappa shape index (κ3) is 2.73. The predicted molar refractivity (Wildman–Crippen MR) is 61.3 cm³/mol. The first-order chi connectivity index (χ1) is 8.60. The van der Waals surface area contributed by atoms with Gasteiger partial charge in [0.15, 0.2) is 17.5 Å². The van der Waals surface area contributed by atoms with E-state index in [4.69, 9.17) is 16.0 Å². The summed E-state index contributed by atoms with van der Waals surface area (Å²) < 4.78 is 43.6. The van der Waals surface area contributed by atoms with E-state index < -0.39 is 17.5 Å². The van der Waals surface area contributed by atoms with Gasteiger partial charge in [-0.25, -0.2) is 18.2 Å². The molecule has 0 saturated heterocycles. The van der Waals surface area contributed by atoms with Crippen LogP contribution in [0.5, 0.6) is 0 Å². The fourth-order valence-corrected chi connectivity index (χ4v) is 1.42. The molecule has 1 heterocycles. The Morgan fingerprint density at radius 3 is 2.39 bits per heavy atom. The molecule has 0 aliphatic rings. The van der Waals surface area contributed by atoms with Gasteiger partial charge < -0.3 is 4.42 Å². The van der Waals surface area contributed by atoms with Gasteiger partial charge in [-0.05, 0) is 23.8 Å². The van der Waals surface area contributed by atoms with Gasteiger partial charge in [-0.1, -0.05) is 0 Å². The summed E-state index contributed by atoms with van der Waals surface area (Å²) in [6.07, 6.45) is 4.14. The maximum atomic E-state index is 12.9. The number of nitrogens with zero attached hydrogens (tertiary/aromatic N) is 1. The summed E-state index contributed by atoms with van der Waals surface area (Å²) >= 11 is 5.53. The average Bonchev–Trinajstić information content (AvgIpc) is 2.81. The lowest BCUT2D eigenvalue weighted by atomic mass is 10.2. The van der Waals surface area contributed by atoms with Gasteiger partial charge in [0.25, 0.3) is 0 Å². The van der Waals surface area contributed by atoms with Crippen LogP contribution in [0.3, 0.4) is 0 Å². The fourth-order valence-electron chi connectivity index (χ4n) is 1.30. The van der Waals surface area contributed by atoms with Crippen LogP contribution in [0.25, 0.3) is 12.2 Å². The van der Waals surface area contributed by atoms with Crippen LogP contribution in [-0.4, -0.2) is 4.98 Å². The number of halogens is 4. The lowest BCUT2D eigenvalue weighted by molar-refractivity contribution is 0.447. The van der Waals surface area contributed by atoms with E-state index in [1.54, 1.807) is 0 Å². The average molecular weight is 274 g/mol. The maximum absolute atomic E-state index is 12.9. The first kappa shape index (κ1) is 12.7. The fraction of sp³-hybridized carbons (Fsp3) is 0.0833. The molecule has 94 valence electrons. The molecule has 0 bridgehead atoms. The van der Waals surface area contributed by atoms with E-state index in [-0.39, 0.29) is 17.3 Å². The van der Waals surface area contributed by atoms with Crippen LogP contribution in [0.4, 0.5) is 13.2 Å². The van der Waals surface area contributed by atoms with Crippen molar-refractivity contribution in [3.63, 3.8) is 0 Å². The van der Waals surface area contributed by atoms with E-state index >= 15 is 0 Å². The molecule has 2 aromatic rings. The van der Waals surface area contributed by atoms with Gasteiger partial charge in [0.2, 0.25) is 5.89 Å². The summed E-state index contributed by atoms with van der Waals surface area (Å²) in [5.41, 5.74) is 0.713. The standard InChI is InChI=1S/C12H7ClF3NO/c13-5-8-6-18-11(17-8)2-1-7-3-9(14)12(16)10(15)4-7/h1-4,6H,5H2. The van der Waals surface area contributed by atoms with Crippen LogP contribution in [0.15, 0.2) is 22.8 Å². The van der Waals surface area contributed by atoms with E-state index in [9.17, 15) is 13.2 Å². The van der Waals surface area contributed by atoms with E-state index in [2.05, 4.69) is 4.98 Å². The number of hydrogen-bond acceptors (Lipinski definition) is 2. The third-order valence-electron chi connectivity index (χ3n) is 2.13. The highest BCUT2D eigenvalue weighted by Crippen LogP contribution is 2.16. The SMILES string of the molecule is Fc1cc(C=Cc2nc(CCl)co2)cc(F)c1F. The second kappa shape index (κ2) is 5.27. The van der Waals surface area contributed by atoms with Gasteiger partial charge in [0.05, 0.1) is 11.6 Å². The Kier molecular flexibility index (Phi) is 3.72. The molecule has 0 atom stereocenters. The highest BCUT2D eigenvalue weighted by molar-refractivity contribution is 6.16. The highest BCUT2D eigenvalue weighted by atomic mass is 35.5. The molecular weight excluding hydrogens is 267 g/mol. The minimum atomic E-state index is -1.49. The van der Waals surface area contributed by atoms with E-state index in [1.165, 1.54) is 18.4 Å². The molecule has 2 nitrogen and oxygen atoms in total. The van der Waals surface area contributed by atoms with Crippen molar-refractivity contribution in [3.05, 3.63) is 53.0 Å². The monoisotopic (exact) mass is 273 g/mol. The van der Waals surface area contributed by atoms with E-state index in [1.807, 2.05) is 0 Å². The Morgan fingerprint density at radius 1 is 1.17 bits per heavy atom. The number of oxazole rings is 1. The molecule has 2 rings (SSSR count). The Balaban J connectivity index is 2.23. The van der Waals surface area contributed by atoms with E-state index in [0.29, 0.717) is 5.69 Å². The topological polar surface area (TPSA) is 26.0 Å². The molecule has 1 aromatic heterocycles. The molecular formula is C12H7ClF3NO. The van der Waals surface area contributed by atoms with Crippen LogP contribution in [0.2, 0.25) is 0 Å². The summed E-state index contributed by atoms with van der Waals surface area (Å²) in [4.78, 5) is 3.96. The number of benzene rings is 1. The van der Waals surface area contributed by atoms with Crippen molar-refractivity contribution in [2.24, 2.45) is 0 Å². The number of hydrogen-bond donors (Lipinski definition) is 0. The molecule has 0 spiro atoms. The second-order valence-electron chi connectivity index (χ2n) is 3.44. The zero-order chi connectivity index (χ0) is 13.1. The normalized spacial score (nSPS) is 11.3. The maximum Gasteiger partial charge on any atom is 0.218 e. The summed E-state index contributed by atoms with van der Waals surface area (Å²) in [6.45, 7) is 0. The van der Waals surface area contributed by atoms with Crippen molar-refractivity contribution >= 4 is 23.8 Å². The quantitative estimate of drug-likeness (QED) is 0.624. The third-order valence-corrected chi connectivity index (χ3v) is 2.40. The molecule has 0 fully saturated rings. The smallest absolute Gasteiger partial charge is 0.218 e. The van der Waals surface area contributed by atoms with Gasteiger partial charge in [-0.2, -0.15) is 0 Å². The lowest BCUT2D eigenvalue weighted by Crippen LogP contribution is -1.90. The minimum Gasteiger partial charge on any atom is -0.445 e. The van der Waals surface area contributed by atoms with Crippen molar-refractivity contribution in [1.82, 2.24) is 4.98 Å². The number of aromatic nitrogens is 1.